The lowest BCUT2D eigenvalue weighted by atomic mass is 9.93. The summed E-state index contributed by atoms with van der Waals surface area (Å²) < 4.78 is 0. The number of rotatable bonds is 0. The highest BCUT2D eigenvalue weighted by Gasteiger charge is 2.12. The second kappa shape index (κ2) is 2.34. The summed E-state index contributed by atoms with van der Waals surface area (Å²) in [5.74, 6) is 0. The van der Waals surface area contributed by atoms with E-state index in [1.54, 1.807) is 0 Å². The molecule has 0 aromatic carbocycles. The van der Waals surface area contributed by atoms with Gasteiger partial charge in [0, 0.05) is 11.0 Å². The van der Waals surface area contributed by atoms with Crippen molar-refractivity contribution in [3.63, 3.8) is 0 Å². The second-order valence-electron chi connectivity index (χ2n) is 3.73. The molecule has 1 aliphatic rings. The van der Waals surface area contributed by atoms with E-state index in [1.165, 1.54) is 0 Å². The number of allylic oxidation sites excluding steroid dienone is 2. The number of H-pyrrole nitrogens is 1. The van der Waals surface area contributed by atoms with Crippen LogP contribution < -0.4 is 0 Å². The van der Waals surface area contributed by atoms with Gasteiger partial charge in [-0.2, -0.15) is 5.10 Å². The van der Waals surface area contributed by atoms with Gasteiger partial charge in [-0.15, -0.1) is 0 Å². The Balaban J connectivity index is 2.49. The van der Waals surface area contributed by atoms with Crippen LogP contribution in [0.1, 0.15) is 25.1 Å². The number of nitrogens with one attached hydrogen (secondary N) is 1. The summed E-state index contributed by atoms with van der Waals surface area (Å²) in [4.78, 5) is 0. The van der Waals surface area contributed by atoms with Crippen LogP contribution in [0.5, 0.6) is 0 Å². The van der Waals surface area contributed by atoms with E-state index in [0.717, 1.165) is 11.3 Å². The van der Waals surface area contributed by atoms with E-state index in [4.69, 9.17) is 0 Å². The zero-order chi connectivity index (χ0) is 8.60. The van der Waals surface area contributed by atoms with Gasteiger partial charge in [-0.05, 0) is 6.08 Å². The summed E-state index contributed by atoms with van der Waals surface area (Å²) in [6, 6.07) is 0. The molecule has 0 saturated carbocycles. The minimum atomic E-state index is 0.153. The lowest BCUT2D eigenvalue weighted by Crippen LogP contribution is -2.00. The fraction of sp³-hybridized carbons (Fsp3) is 0.300. The quantitative estimate of drug-likeness (QED) is 0.620. The van der Waals surface area contributed by atoms with Gasteiger partial charge in [0.25, 0.3) is 0 Å². The molecule has 1 N–H and O–H groups in total. The van der Waals surface area contributed by atoms with Crippen molar-refractivity contribution in [2.24, 2.45) is 5.41 Å². The Morgan fingerprint density at radius 2 is 2.00 bits per heavy atom. The van der Waals surface area contributed by atoms with Crippen molar-refractivity contribution in [3.05, 3.63) is 29.6 Å². The first-order valence-corrected chi connectivity index (χ1v) is 4.09. The van der Waals surface area contributed by atoms with E-state index in [-0.39, 0.29) is 5.41 Å². The highest BCUT2D eigenvalue weighted by molar-refractivity contribution is 5.65. The van der Waals surface area contributed by atoms with Gasteiger partial charge >= 0.3 is 0 Å². The van der Waals surface area contributed by atoms with Crippen molar-refractivity contribution in [3.8, 4) is 0 Å². The molecule has 0 bridgehead atoms. The highest BCUT2D eigenvalue weighted by Crippen LogP contribution is 2.26. The van der Waals surface area contributed by atoms with Gasteiger partial charge < -0.3 is 0 Å². The molecule has 0 saturated heterocycles. The number of hydrogen-bond acceptors (Lipinski definition) is 1. The maximum Gasteiger partial charge on any atom is 0.0647 e. The maximum absolute atomic E-state index is 3.97. The summed E-state index contributed by atoms with van der Waals surface area (Å²) in [6.45, 7) is 4.36. The van der Waals surface area contributed by atoms with Crippen LogP contribution in [0.4, 0.5) is 0 Å². The molecule has 2 nitrogen and oxygen atoms in total. The monoisotopic (exact) mass is 160 g/mol. The second-order valence-corrected chi connectivity index (χ2v) is 3.73. The predicted octanol–water partition coefficient (Wildman–Crippen LogP) is 2.48. The molecular formula is C10H12N2. The van der Waals surface area contributed by atoms with Gasteiger partial charge in [-0.25, -0.2) is 0 Å². The molecule has 0 fully saturated rings. The van der Waals surface area contributed by atoms with E-state index < -0.39 is 0 Å². The molecule has 0 amide bonds. The SMILES string of the molecule is CC1(C)C=Cc2cn[nH]c2C=C1. The molecule has 1 aliphatic carbocycles. The number of aromatic amines is 1. The van der Waals surface area contributed by atoms with Crippen LogP contribution in [-0.2, 0) is 0 Å². The molecule has 12 heavy (non-hydrogen) atoms. The predicted molar refractivity (Wildman–Crippen MR) is 50.4 cm³/mol. The molecule has 2 heteroatoms. The third-order valence-electron chi connectivity index (χ3n) is 2.07. The summed E-state index contributed by atoms with van der Waals surface area (Å²) in [6.07, 6.45) is 10.4. The fourth-order valence-corrected chi connectivity index (χ4v) is 1.23. The molecule has 0 spiro atoms. The van der Waals surface area contributed by atoms with Crippen molar-refractivity contribution in [1.29, 1.82) is 0 Å². The molecule has 62 valence electrons. The van der Waals surface area contributed by atoms with Crippen molar-refractivity contribution in [1.82, 2.24) is 10.2 Å². The Kier molecular flexibility index (Phi) is 1.43. The maximum atomic E-state index is 3.97. The Bertz CT molecular complexity index is 312. The molecular weight excluding hydrogens is 148 g/mol. The summed E-state index contributed by atoms with van der Waals surface area (Å²) in [5, 5.41) is 6.91. The van der Waals surface area contributed by atoms with E-state index >= 15 is 0 Å². The Morgan fingerprint density at radius 3 is 2.83 bits per heavy atom. The molecule has 2 rings (SSSR count). The minimum absolute atomic E-state index is 0.153. The van der Waals surface area contributed by atoms with E-state index in [1.807, 2.05) is 6.20 Å². The van der Waals surface area contributed by atoms with Gasteiger partial charge in [-0.3, -0.25) is 5.10 Å². The molecule has 0 radical (unpaired) electrons. The average molecular weight is 160 g/mol. The molecule has 0 atom stereocenters. The first-order chi connectivity index (χ1) is 5.67. The van der Waals surface area contributed by atoms with Crippen molar-refractivity contribution < 1.29 is 0 Å². The third-order valence-corrected chi connectivity index (χ3v) is 2.07. The average Bonchev–Trinajstić information content (AvgIpc) is 2.40. The molecule has 0 aliphatic heterocycles. The zero-order valence-corrected chi connectivity index (χ0v) is 7.33. The van der Waals surface area contributed by atoms with E-state index in [0.29, 0.717) is 0 Å². The molecule has 1 heterocycles. The topological polar surface area (TPSA) is 28.7 Å². The van der Waals surface area contributed by atoms with Crippen LogP contribution in [0.25, 0.3) is 12.2 Å². The standard InChI is InChI=1S/C10H12N2/c1-10(2)5-3-8-7-11-12-9(8)4-6-10/h3-7H,1-2H3,(H,11,12). The van der Waals surface area contributed by atoms with Gasteiger partial charge in [0.2, 0.25) is 0 Å². The normalized spacial score (nSPS) is 18.8. The summed E-state index contributed by atoms with van der Waals surface area (Å²) in [5.41, 5.74) is 2.41. The van der Waals surface area contributed by atoms with Gasteiger partial charge in [0.05, 0.1) is 11.9 Å². The fourth-order valence-electron chi connectivity index (χ4n) is 1.23. The van der Waals surface area contributed by atoms with E-state index in [9.17, 15) is 0 Å². The number of aromatic nitrogens is 2. The summed E-state index contributed by atoms with van der Waals surface area (Å²) >= 11 is 0. The summed E-state index contributed by atoms with van der Waals surface area (Å²) in [7, 11) is 0. The zero-order valence-electron chi connectivity index (χ0n) is 7.33. The van der Waals surface area contributed by atoms with Crippen LogP contribution in [0.3, 0.4) is 0 Å². The van der Waals surface area contributed by atoms with Crippen molar-refractivity contribution >= 4 is 12.2 Å². The van der Waals surface area contributed by atoms with Crippen LogP contribution in [-0.4, -0.2) is 10.2 Å². The lowest BCUT2D eigenvalue weighted by molar-refractivity contribution is 0.633. The van der Waals surface area contributed by atoms with Crippen LogP contribution >= 0.6 is 0 Å². The van der Waals surface area contributed by atoms with Crippen LogP contribution in [0.15, 0.2) is 18.3 Å². The smallest absolute Gasteiger partial charge is 0.0647 e. The number of fused-ring (bicyclic) bond motifs is 1. The Labute approximate surface area is 72.0 Å². The Morgan fingerprint density at radius 1 is 1.25 bits per heavy atom. The Hall–Kier alpha value is -1.31. The van der Waals surface area contributed by atoms with Gasteiger partial charge in [0.1, 0.15) is 0 Å². The lowest BCUT2D eigenvalue weighted by Gasteiger charge is -2.11. The first-order valence-electron chi connectivity index (χ1n) is 4.09. The van der Waals surface area contributed by atoms with Crippen molar-refractivity contribution in [2.45, 2.75) is 13.8 Å². The largest absolute Gasteiger partial charge is 0.278 e. The van der Waals surface area contributed by atoms with E-state index in [2.05, 4.69) is 48.3 Å². The van der Waals surface area contributed by atoms with Crippen LogP contribution in [0.2, 0.25) is 0 Å². The van der Waals surface area contributed by atoms with Gasteiger partial charge in [0.15, 0.2) is 0 Å². The number of nitrogens with zero attached hydrogens (tertiary/aromatic N) is 1. The first kappa shape index (κ1) is 7.35. The van der Waals surface area contributed by atoms with Gasteiger partial charge in [-0.1, -0.05) is 32.1 Å². The third kappa shape index (κ3) is 1.20. The number of hydrogen-bond donors (Lipinski definition) is 1. The molecule has 1 aromatic heterocycles. The minimum Gasteiger partial charge on any atom is -0.278 e. The van der Waals surface area contributed by atoms with Crippen molar-refractivity contribution in [2.75, 3.05) is 0 Å². The van der Waals surface area contributed by atoms with Crippen LogP contribution in [0, 0.1) is 5.41 Å². The molecule has 1 aromatic rings. The molecule has 0 unspecified atom stereocenters. The highest BCUT2D eigenvalue weighted by atomic mass is 15.1.